The van der Waals surface area contributed by atoms with Gasteiger partial charge in [-0.25, -0.2) is 4.98 Å². The van der Waals surface area contributed by atoms with Gasteiger partial charge in [0.15, 0.2) is 0 Å². The van der Waals surface area contributed by atoms with Gasteiger partial charge in [-0.15, -0.1) is 0 Å². The summed E-state index contributed by atoms with van der Waals surface area (Å²) in [6, 6.07) is 9.35. The van der Waals surface area contributed by atoms with E-state index in [1.165, 1.54) is 0 Å². The zero-order valence-corrected chi connectivity index (χ0v) is 13.0. The molecule has 0 aliphatic rings. The number of hydrogen-bond donors (Lipinski definition) is 2. The van der Waals surface area contributed by atoms with Crippen molar-refractivity contribution >= 4 is 33.2 Å². The van der Waals surface area contributed by atoms with Gasteiger partial charge in [0.2, 0.25) is 0 Å². The van der Waals surface area contributed by atoms with Gasteiger partial charge in [-0.3, -0.25) is 4.79 Å². The summed E-state index contributed by atoms with van der Waals surface area (Å²) in [6.45, 7) is 4.81. The molecule has 0 saturated heterocycles. The summed E-state index contributed by atoms with van der Waals surface area (Å²) in [6.07, 6.45) is 1.66. The van der Waals surface area contributed by atoms with Gasteiger partial charge in [0.1, 0.15) is 5.69 Å². The summed E-state index contributed by atoms with van der Waals surface area (Å²) in [5.41, 5.74) is 3.12. The molecule has 0 aliphatic carbocycles. The number of anilines is 2. The maximum atomic E-state index is 12.1. The molecule has 1 amide bonds. The van der Waals surface area contributed by atoms with E-state index in [1.807, 2.05) is 38.1 Å². The number of aromatic nitrogens is 1. The molecule has 0 fully saturated rings. The molecule has 1 aromatic heterocycles. The average molecular weight is 334 g/mol. The molecule has 104 valence electrons. The van der Waals surface area contributed by atoms with E-state index in [4.69, 9.17) is 0 Å². The summed E-state index contributed by atoms with van der Waals surface area (Å²) < 4.78 is 0.848. The average Bonchev–Trinajstić information content (AvgIpc) is 2.44. The van der Waals surface area contributed by atoms with Crippen molar-refractivity contribution in [1.82, 2.24) is 4.98 Å². The third kappa shape index (κ3) is 3.57. The van der Waals surface area contributed by atoms with Crippen LogP contribution in [-0.4, -0.2) is 17.4 Å². The minimum atomic E-state index is -0.223. The number of amides is 1. The molecule has 0 unspecified atom stereocenters. The Kier molecular flexibility index (Phi) is 4.74. The third-order valence-corrected chi connectivity index (χ3v) is 3.44. The van der Waals surface area contributed by atoms with E-state index >= 15 is 0 Å². The maximum Gasteiger partial charge on any atom is 0.274 e. The van der Waals surface area contributed by atoms with Crippen molar-refractivity contribution < 1.29 is 4.79 Å². The number of rotatable bonds is 4. The Balaban J connectivity index is 2.13. The van der Waals surface area contributed by atoms with Crippen molar-refractivity contribution in [3.8, 4) is 0 Å². The lowest BCUT2D eigenvalue weighted by molar-refractivity contribution is 0.102. The molecular formula is C15H16BrN3O. The summed E-state index contributed by atoms with van der Waals surface area (Å²) in [5.74, 6) is -0.223. The molecule has 2 rings (SSSR count). The molecule has 1 aromatic carbocycles. The SMILES string of the molecule is CCNc1ccc(C(=O)Nc2cc(C)ccc2Br)nc1. The fourth-order valence-electron chi connectivity index (χ4n) is 1.76. The highest BCUT2D eigenvalue weighted by molar-refractivity contribution is 9.10. The van der Waals surface area contributed by atoms with Gasteiger partial charge < -0.3 is 10.6 Å². The topological polar surface area (TPSA) is 54.0 Å². The van der Waals surface area contributed by atoms with Crippen molar-refractivity contribution in [2.75, 3.05) is 17.2 Å². The summed E-state index contributed by atoms with van der Waals surface area (Å²) in [5, 5.41) is 5.99. The third-order valence-electron chi connectivity index (χ3n) is 2.75. The fourth-order valence-corrected chi connectivity index (χ4v) is 2.10. The first-order valence-electron chi connectivity index (χ1n) is 6.37. The molecule has 5 heteroatoms. The van der Waals surface area contributed by atoms with Crippen LogP contribution in [0.3, 0.4) is 0 Å². The molecule has 0 atom stereocenters. The van der Waals surface area contributed by atoms with Crippen LogP contribution < -0.4 is 10.6 Å². The number of hydrogen-bond acceptors (Lipinski definition) is 3. The Morgan fingerprint density at radius 3 is 2.75 bits per heavy atom. The molecule has 2 aromatic rings. The molecule has 4 nitrogen and oxygen atoms in total. The number of halogens is 1. The lowest BCUT2D eigenvalue weighted by atomic mass is 10.2. The zero-order valence-electron chi connectivity index (χ0n) is 11.4. The van der Waals surface area contributed by atoms with Gasteiger partial charge >= 0.3 is 0 Å². The second-order valence-corrected chi connectivity index (χ2v) is 5.25. The van der Waals surface area contributed by atoms with Crippen molar-refractivity contribution in [2.24, 2.45) is 0 Å². The largest absolute Gasteiger partial charge is 0.384 e. The van der Waals surface area contributed by atoms with Crippen LogP contribution in [0.15, 0.2) is 41.0 Å². The number of nitrogens with zero attached hydrogens (tertiary/aromatic N) is 1. The summed E-state index contributed by atoms with van der Waals surface area (Å²) in [4.78, 5) is 16.3. The van der Waals surface area contributed by atoms with Crippen LogP contribution in [0.1, 0.15) is 23.0 Å². The number of benzene rings is 1. The Morgan fingerprint density at radius 1 is 1.30 bits per heavy atom. The van der Waals surface area contributed by atoms with Gasteiger partial charge in [0.05, 0.1) is 17.6 Å². The van der Waals surface area contributed by atoms with Crippen molar-refractivity contribution in [3.05, 3.63) is 52.3 Å². The molecule has 0 bridgehead atoms. The van der Waals surface area contributed by atoms with E-state index in [9.17, 15) is 4.79 Å². The lowest BCUT2D eigenvalue weighted by Gasteiger charge is -2.08. The highest BCUT2D eigenvalue weighted by Gasteiger charge is 2.09. The van der Waals surface area contributed by atoms with Gasteiger partial charge in [-0.05, 0) is 59.6 Å². The highest BCUT2D eigenvalue weighted by atomic mass is 79.9. The van der Waals surface area contributed by atoms with Gasteiger partial charge in [-0.2, -0.15) is 0 Å². The van der Waals surface area contributed by atoms with E-state index in [0.717, 1.165) is 28.0 Å². The molecule has 0 spiro atoms. The predicted octanol–water partition coefficient (Wildman–Crippen LogP) is 3.84. The normalized spacial score (nSPS) is 10.2. The summed E-state index contributed by atoms with van der Waals surface area (Å²) in [7, 11) is 0. The van der Waals surface area contributed by atoms with Gasteiger partial charge in [0.25, 0.3) is 5.91 Å². The van der Waals surface area contributed by atoms with Crippen molar-refractivity contribution in [1.29, 1.82) is 0 Å². The zero-order chi connectivity index (χ0) is 14.5. The monoisotopic (exact) mass is 333 g/mol. The van der Waals surface area contributed by atoms with E-state index in [0.29, 0.717) is 5.69 Å². The number of pyridine rings is 1. The Bertz CT molecular complexity index is 611. The molecule has 0 radical (unpaired) electrons. The van der Waals surface area contributed by atoms with Gasteiger partial charge in [-0.1, -0.05) is 6.07 Å². The number of nitrogens with one attached hydrogen (secondary N) is 2. The Hall–Kier alpha value is -1.88. The smallest absolute Gasteiger partial charge is 0.274 e. The van der Waals surface area contributed by atoms with Crippen LogP contribution in [0.4, 0.5) is 11.4 Å². The Labute approximate surface area is 126 Å². The van der Waals surface area contributed by atoms with Crippen LogP contribution >= 0.6 is 15.9 Å². The second-order valence-electron chi connectivity index (χ2n) is 4.40. The molecule has 1 heterocycles. The minimum absolute atomic E-state index is 0.223. The standard InChI is InChI=1S/C15H16BrN3O/c1-3-17-11-5-7-13(18-9-11)15(20)19-14-8-10(2)4-6-12(14)16/h4-9,17H,3H2,1-2H3,(H,19,20). The highest BCUT2D eigenvalue weighted by Crippen LogP contribution is 2.23. The molecular weight excluding hydrogens is 318 g/mol. The first-order valence-corrected chi connectivity index (χ1v) is 7.17. The van der Waals surface area contributed by atoms with Crippen LogP contribution in [0.2, 0.25) is 0 Å². The molecule has 0 saturated carbocycles. The van der Waals surface area contributed by atoms with Crippen molar-refractivity contribution in [3.63, 3.8) is 0 Å². The number of aryl methyl sites for hydroxylation is 1. The molecule has 20 heavy (non-hydrogen) atoms. The second kappa shape index (κ2) is 6.52. The van der Waals surface area contributed by atoms with Crippen LogP contribution in [0, 0.1) is 6.92 Å². The van der Waals surface area contributed by atoms with E-state index in [2.05, 4.69) is 31.5 Å². The first kappa shape index (κ1) is 14.5. The summed E-state index contributed by atoms with van der Waals surface area (Å²) >= 11 is 3.42. The molecule has 2 N–H and O–H groups in total. The number of carbonyl (C=O) groups excluding carboxylic acids is 1. The Morgan fingerprint density at radius 2 is 2.10 bits per heavy atom. The quantitative estimate of drug-likeness (QED) is 0.893. The van der Waals surface area contributed by atoms with Crippen LogP contribution in [-0.2, 0) is 0 Å². The number of carbonyl (C=O) groups is 1. The van der Waals surface area contributed by atoms with Crippen LogP contribution in [0.25, 0.3) is 0 Å². The van der Waals surface area contributed by atoms with Crippen LogP contribution in [0.5, 0.6) is 0 Å². The lowest BCUT2D eigenvalue weighted by Crippen LogP contribution is -2.14. The van der Waals surface area contributed by atoms with E-state index < -0.39 is 0 Å². The van der Waals surface area contributed by atoms with Crippen molar-refractivity contribution in [2.45, 2.75) is 13.8 Å². The fraction of sp³-hybridized carbons (Fsp3) is 0.200. The first-order chi connectivity index (χ1) is 9.60. The predicted molar refractivity (Wildman–Crippen MR) is 85.2 cm³/mol. The van der Waals surface area contributed by atoms with E-state index in [-0.39, 0.29) is 5.91 Å². The van der Waals surface area contributed by atoms with E-state index in [1.54, 1.807) is 12.3 Å². The maximum absolute atomic E-state index is 12.1. The van der Waals surface area contributed by atoms with Gasteiger partial charge in [0, 0.05) is 11.0 Å². The molecule has 0 aliphatic heterocycles. The minimum Gasteiger partial charge on any atom is -0.384 e.